The van der Waals surface area contributed by atoms with E-state index in [1.165, 1.54) is 25.4 Å². The largest absolute Gasteiger partial charge is 0.465 e. The Morgan fingerprint density at radius 1 is 0.963 bits per heavy atom. The highest BCUT2D eigenvalue weighted by Crippen LogP contribution is 2.18. The molecule has 136 valence electrons. The third-order valence-corrected chi connectivity index (χ3v) is 3.67. The first-order valence-electron chi connectivity index (χ1n) is 8.03. The summed E-state index contributed by atoms with van der Waals surface area (Å²) in [6.07, 6.45) is 1.48. The molecule has 0 radical (unpaired) electrons. The van der Waals surface area contributed by atoms with Crippen molar-refractivity contribution in [2.24, 2.45) is 0 Å². The minimum atomic E-state index is -0.453. The number of halogens is 1. The smallest absolute Gasteiger partial charge is 0.337 e. The lowest BCUT2D eigenvalue weighted by Crippen LogP contribution is -2.14. The van der Waals surface area contributed by atoms with Crippen molar-refractivity contribution in [3.63, 3.8) is 0 Å². The zero-order valence-corrected chi connectivity index (χ0v) is 14.4. The number of hydrogen-bond donors (Lipinski definition) is 2. The molecule has 6 nitrogen and oxygen atoms in total. The SMILES string of the molecule is COC(=O)c1ccc(NC(=O)c2cc(Nc3cccc(F)c3)ccn2)cc1. The van der Waals surface area contributed by atoms with Crippen LogP contribution in [0.4, 0.5) is 21.5 Å². The van der Waals surface area contributed by atoms with Crippen molar-refractivity contribution in [3.05, 3.63) is 83.9 Å². The number of nitrogens with zero attached hydrogens (tertiary/aromatic N) is 1. The molecule has 0 fully saturated rings. The molecule has 3 aromatic rings. The number of esters is 1. The first-order chi connectivity index (χ1) is 13.0. The van der Waals surface area contributed by atoms with Crippen LogP contribution in [0.5, 0.6) is 0 Å². The minimum absolute atomic E-state index is 0.188. The third kappa shape index (κ3) is 4.66. The molecule has 7 heteroatoms. The van der Waals surface area contributed by atoms with Crippen molar-refractivity contribution in [2.45, 2.75) is 0 Å². The van der Waals surface area contributed by atoms with Crippen LogP contribution in [-0.4, -0.2) is 24.0 Å². The molecule has 0 aliphatic heterocycles. The van der Waals surface area contributed by atoms with Crippen molar-refractivity contribution in [1.29, 1.82) is 0 Å². The summed E-state index contributed by atoms with van der Waals surface area (Å²) >= 11 is 0. The number of ether oxygens (including phenoxy) is 1. The number of anilines is 3. The summed E-state index contributed by atoms with van der Waals surface area (Å²) in [4.78, 5) is 27.9. The minimum Gasteiger partial charge on any atom is -0.465 e. The molecule has 27 heavy (non-hydrogen) atoms. The lowest BCUT2D eigenvalue weighted by Gasteiger charge is -2.09. The summed E-state index contributed by atoms with van der Waals surface area (Å²) in [6, 6.07) is 15.5. The van der Waals surface area contributed by atoms with E-state index in [0.717, 1.165) is 0 Å². The van der Waals surface area contributed by atoms with E-state index in [9.17, 15) is 14.0 Å². The molecule has 2 N–H and O–H groups in total. The lowest BCUT2D eigenvalue weighted by molar-refractivity contribution is 0.0600. The monoisotopic (exact) mass is 365 g/mol. The van der Waals surface area contributed by atoms with E-state index in [1.54, 1.807) is 48.5 Å². The molecule has 0 unspecified atom stereocenters. The lowest BCUT2D eigenvalue weighted by atomic mass is 10.2. The average Bonchev–Trinajstić information content (AvgIpc) is 2.68. The quantitative estimate of drug-likeness (QED) is 0.668. The van der Waals surface area contributed by atoms with Gasteiger partial charge >= 0.3 is 5.97 Å². The van der Waals surface area contributed by atoms with Crippen LogP contribution in [0, 0.1) is 5.82 Å². The van der Waals surface area contributed by atoms with E-state index in [-0.39, 0.29) is 11.5 Å². The summed E-state index contributed by atoms with van der Waals surface area (Å²) in [6.45, 7) is 0. The van der Waals surface area contributed by atoms with Gasteiger partial charge in [-0.3, -0.25) is 9.78 Å². The molecule has 0 bridgehead atoms. The van der Waals surface area contributed by atoms with Crippen LogP contribution in [0.1, 0.15) is 20.8 Å². The molecule has 1 aromatic heterocycles. The molecule has 0 saturated carbocycles. The molecule has 0 atom stereocenters. The fourth-order valence-electron chi connectivity index (χ4n) is 2.37. The molecule has 1 heterocycles. The molecule has 3 rings (SSSR count). The summed E-state index contributed by atoms with van der Waals surface area (Å²) < 4.78 is 17.9. The van der Waals surface area contributed by atoms with Crippen molar-refractivity contribution < 1.29 is 18.7 Å². The first kappa shape index (κ1) is 18.1. The van der Waals surface area contributed by atoms with Crippen LogP contribution in [0.25, 0.3) is 0 Å². The molecule has 0 aliphatic rings. The molecule has 1 amide bonds. The van der Waals surface area contributed by atoms with Crippen LogP contribution >= 0.6 is 0 Å². The number of methoxy groups -OCH3 is 1. The Morgan fingerprint density at radius 2 is 1.70 bits per heavy atom. The summed E-state index contributed by atoms with van der Waals surface area (Å²) in [5.74, 6) is -1.23. The fourth-order valence-corrected chi connectivity index (χ4v) is 2.37. The van der Waals surface area contributed by atoms with Gasteiger partial charge in [-0.15, -0.1) is 0 Å². The summed E-state index contributed by atoms with van der Waals surface area (Å²) in [7, 11) is 1.30. The van der Waals surface area contributed by atoms with E-state index in [4.69, 9.17) is 0 Å². The van der Waals surface area contributed by atoms with Gasteiger partial charge < -0.3 is 15.4 Å². The molecular weight excluding hydrogens is 349 g/mol. The first-order valence-corrected chi connectivity index (χ1v) is 8.03. The van der Waals surface area contributed by atoms with Gasteiger partial charge in [-0.05, 0) is 54.6 Å². The third-order valence-electron chi connectivity index (χ3n) is 3.67. The van der Waals surface area contributed by atoms with Gasteiger partial charge in [0.15, 0.2) is 0 Å². The van der Waals surface area contributed by atoms with E-state index < -0.39 is 11.9 Å². The van der Waals surface area contributed by atoms with Crippen LogP contribution in [0.2, 0.25) is 0 Å². The van der Waals surface area contributed by atoms with Gasteiger partial charge in [-0.25, -0.2) is 9.18 Å². The van der Waals surface area contributed by atoms with E-state index >= 15 is 0 Å². The number of carbonyl (C=O) groups is 2. The Balaban J connectivity index is 1.70. The Bertz CT molecular complexity index is 974. The second-order valence-corrected chi connectivity index (χ2v) is 5.59. The van der Waals surface area contributed by atoms with Crippen molar-refractivity contribution >= 4 is 28.9 Å². The molecule has 0 spiro atoms. The normalized spacial score (nSPS) is 10.1. The number of aromatic nitrogens is 1. The van der Waals surface area contributed by atoms with Crippen LogP contribution in [0.3, 0.4) is 0 Å². The van der Waals surface area contributed by atoms with Gasteiger partial charge in [0.25, 0.3) is 5.91 Å². The summed E-state index contributed by atoms with van der Waals surface area (Å²) in [5, 5.41) is 5.72. The number of rotatable bonds is 5. The zero-order chi connectivity index (χ0) is 19.2. The maximum absolute atomic E-state index is 13.3. The van der Waals surface area contributed by atoms with Crippen LogP contribution < -0.4 is 10.6 Å². The van der Waals surface area contributed by atoms with Gasteiger partial charge in [0.05, 0.1) is 12.7 Å². The number of nitrogens with one attached hydrogen (secondary N) is 2. The second kappa shape index (κ2) is 8.09. The van der Waals surface area contributed by atoms with Gasteiger partial charge in [-0.1, -0.05) is 6.07 Å². The van der Waals surface area contributed by atoms with E-state index in [1.807, 2.05) is 0 Å². The van der Waals surface area contributed by atoms with Gasteiger partial charge in [-0.2, -0.15) is 0 Å². The molecule has 2 aromatic carbocycles. The predicted octanol–water partition coefficient (Wildman–Crippen LogP) is 4.00. The second-order valence-electron chi connectivity index (χ2n) is 5.59. The Labute approximate surface area is 155 Å². The highest BCUT2D eigenvalue weighted by molar-refractivity contribution is 6.03. The maximum atomic E-state index is 13.3. The van der Waals surface area contributed by atoms with E-state index in [2.05, 4.69) is 20.4 Å². The number of carbonyl (C=O) groups excluding carboxylic acids is 2. The van der Waals surface area contributed by atoms with Crippen molar-refractivity contribution in [2.75, 3.05) is 17.7 Å². The number of benzene rings is 2. The Morgan fingerprint density at radius 3 is 2.41 bits per heavy atom. The average molecular weight is 365 g/mol. The number of pyridine rings is 1. The number of amides is 1. The van der Waals surface area contributed by atoms with Gasteiger partial charge in [0.1, 0.15) is 11.5 Å². The molecule has 0 aliphatic carbocycles. The summed E-state index contributed by atoms with van der Waals surface area (Å²) in [5.41, 5.74) is 2.24. The van der Waals surface area contributed by atoms with Crippen molar-refractivity contribution in [3.8, 4) is 0 Å². The molecular formula is C20H16FN3O3. The molecule has 0 saturated heterocycles. The Hall–Kier alpha value is -3.74. The van der Waals surface area contributed by atoms with Crippen LogP contribution in [-0.2, 0) is 4.74 Å². The van der Waals surface area contributed by atoms with Gasteiger partial charge in [0, 0.05) is 23.3 Å². The van der Waals surface area contributed by atoms with Crippen LogP contribution in [0.15, 0.2) is 66.9 Å². The fraction of sp³-hybridized carbons (Fsp3) is 0.0500. The van der Waals surface area contributed by atoms with Crippen molar-refractivity contribution in [1.82, 2.24) is 4.98 Å². The highest BCUT2D eigenvalue weighted by atomic mass is 19.1. The van der Waals surface area contributed by atoms with E-state index in [0.29, 0.717) is 22.6 Å². The van der Waals surface area contributed by atoms with Gasteiger partial charge in [0.2, 0.25) is 0 Å². The maximum Gasteiger partial charge on any atom is 0.337 e. The zero-order valence-electron chi connectivity index (χ0n) is 14.4. The predicted molar refractivity (Wildman–Crippen MR) is 99.7 cm³/mol. The topological polar surface area (TPSA) is 80.3 Å². The highest BCUT2D eigenvalue weighted by Gasteiger charge is 2.10. The standard InChI is InChI=1S/C20H16FN3O3/c1-27-20(26)13-5-7-15(8-6-13)24-19(25)18-12-17(9-10-22-18)23-16-4-2-3-14(21)11-16/h2-12H,1H3,(H,22,23)(H,24,25). The Kier molecular flexibility index (Phi) is 5.41. The number of hydrogen-bond acceptors (Lipinski definition) is 5.